The molecule has 3 nitrogen and oxygen atoms in total. The maximum Gasteiger partial charge on any atom is 0.0498 e. The third kappa shape index (κ3) is 2.73. The van der Waals surface area contributed by atoms with Crippen LogP contribution in [0.1, 0.15) is 12.8 Å². The second-order valence-corrected chi connectivity index (χ2v) is 3.42. The van der Waals surface area contributed by atoms with Gasteiger partial charge in [-0.2, -0.15) is 0 Å². The standard InChI is InChI=1S/C9H19NO2/c1-11-6-8(2-4-10)9-3-5-12-7-9/h8-9H,2-7,10H2,1H3. The number of hydrogen-bond acceptors (Lipinski definition) is 3. The largest absolute Gasteiger partial charge is 0.384 e. The van der Waals surface area contributed by atoms with Crippen LogP contribution in [0.3, 0.4) is 0 Å². The van der Waals surface area contributed by atoms with Crippen LogP contribution in [0.25, 0.3) is 0 Å². The molecule has 0 bridgehead atoms. The molecule has 0 aromatic heterocycles. The van der Waals surface area contributed by atoms with Gasteiger partial charge in [0.1, 0.15) is 0 Å². The summed E-state index contributed by atoms with van der Waals surface area (Å²) in [5.41, 5.74) is 5.53. The highest BCUT2D eigenvalue weighted by molar-refractivity contribution is 4.73. The van der Waals surface area contributed by atoms with Gasteiger partial charge >= 0.3 is 0 Å². The molecule has 1 rings (SSSR count). The molecule has 2 atom stereocenters. The van der Waals surface area contributed by atoms with Gasteiger partial charge in [-0.25, -0.2) is 0 Å². The highest BCUT2D eigenvalue weighted by Crippen LogP contribution is 2.24. The summed E-state index contributed by atoms with van der Waals surface area (Å²) in [6.07, 6.45) is 2.23. The van der Waals surface area contributed by atoms with Crippen LogP contribution >= 0.6 is 0 Å². The molecule has 0 aliphatic carbocycles. The Bertz CT molecular complexity index is 107. The Morgan fingerprint density at radius 2 is 2.50 bits per heavy atom. The van der Waals surface area contributed by atoms with Crippen molar-refractivity contribution in [1.29, 1.82) is 0 Å². The van der Waals surface area contributed by atoms with E-state index >= 15 is 0 Å². The predicted molar refractivity (Wildman–Crippen MR) is 48.0 cm³/mol. The first-order valence-electron chi connectivity index (χ1n) is 4.65. The second kappa shape index (κ2) is 5.51. The zero-order valence-corrected chi connectivity index (χ0v) is 7.79. The molecular formula is C9H19NO2. The molecule has 1 heterocycles. The Hall–Kier alpha value is -0.120. The van der Waals surface area contributed by atoms with E-state index in [-0.39, 0.29) is 0 Å². The minimum atomic E-state index is 0.600. The average molecular weight is 173 g/mol. The van der Waals surface area contributed by atoms with Crippen LogP contribution in [-0.4, -0.2) is 33.5 Å². The van der Waals surface area contributed by atoms with E-state index in [1.807, 2.05) is 0 Å². The number of methoxy groups -OCH3 is 1. The van der Waals surface area contributed by atoms with Crippen LogP contribution in [0.5, 0.6) is 0 Å². The van der Waals surface area contributed by atoms with E-state index in [1.165, 1.54) is 6.42 Å². The molecule has 0 spiro atoms. The first kappa shape index (κ1) is 9.96. The van der Waals surface area contributed by atoms with Gasteiger partial charge in [0.05, 0.1) is 0 Å². The van der Waals surface area contributed by atoms with E-state index in [9.17, 15) is 0 Å². The Balaban J connectivity index is 2.29. The quantitative estimate of drug-likeness (QED) is 0.663. The first-order valence-corrected chi connectivity index (χ1v) is 4.65. The van der Waals surface area contributed by atoms with Gasteiger partial charge in [0.15, 0.2) is 0 Å². The van der Waals surface area contributed by atoms with Crippen LogP contribution in [0, 0.1) is 11.8 Å². The maximum absolute atomic E-state index is 5.53. The molecule has 1 aliphatic heterocycles. The van der Waals surface area contributed by atoms with Gasteiger partial charge < -0.3 is 15.2 Å². The molecule has 1 saturated heterocycles. The molecule has 0 saturated carbocycles. The Labute approximate surface area is 74.2 Å². The van der Waals surface area contributed by atoms with Crippen molar-refractivity contribution in [2.45, 2.75) is 12.8 Å². The predicted octanol–water partition coefficient (Wildman–Crippen LogP) is 0.634. The van der Waals surface area contributed by atoms with Gasteiger partial charge in [0, 0.05) is 26.9 Å². The van der Waals surface area contributed by atoms with Crippen LogP contribution in [0.4, 0.5) is 0 Å². The third-order valence-corrected chi connectivity index (χ3v) is 2.55. The highest BCUT2D eigenvalue weighted by Gasteiger charge is 2.24. The van der Waals surface area contributed by atoms with Crippen molar-refractivity contribution in [1.82, 2.24) is 0 Å². The summed E-state index contributed by atoms with van der Waals surface area (Å²) in [7, 11) is 1.75. The summed E-state index contributed by atoms with van der Waals surface area (Å²) in [5, 5.41) is 0. The lowest BCUT2D eigenvalue weighted by Crippen LogP contribution is -2.23. The van der Waals surface area contributed by atoms with E-state index in [2.05, 4.69) is 0 Å². The maximum atomic E-state index is 5.53. The molecule has 1 fully saturated rings. The minimum absolute atomic E-state index is 0.600. The van der Waals surface area contributed by atoms with E-state index < -0.39 is 0 Å². The molecule has 72 valence electrons. The first-order chi connectivity index (χ1) is 5.88. The van der Waals surface area contributed by atoms with Gasteiger partial charge in [-0.15, -0.1) is 0 Å². The molecule has 0 radical (unpaired) electrons. The van der Waals surface area contributed by atoms with Crippen molar-refractivity contribution in [2.75, 3.05) is 33.5 Å². The number of rotatable bonds is 5. The molecular weight excluding hydrogens is 154 g/mol. The van der Waals surface area contributed by atoms with E-state index in [0.29, 0.717) is 11.8 Å². The SMILES string of the molecule is COCC(CCN)C1CCOC1. The molecule has 0 amide bonds. The zero-order valence-electron chi connectivity index (χ0n) is 7.79. The van der Waals surface area contributed by atoms with Gasteiger partial charge in [-0.05, 0) is 31.2 Å². The normalized spacial score (nSPS) is 26.0. The Kier molecular flexibility index (Phi) is 4.58. The average Bonchev–Trinajstić information content (AvgIpc) is 2.56. The Morgan fingerprint density at radius 1 is 1.67 bits per heavy atom. The summed E-state index contributed by atoms with van der Waals surface area (Å²) in [6.45, 7) is 3.39. The molecule has 2 N–H and O–H groups in total. The number of ether oxygens (including phenoxy) is 2. The Morgan fingerprint density at radius 3 is 3.00 bits per heavy atom. The van der Waals surface area contributed by atoms with Crippen LogP contribution in [-0.2, 0) is 9.47 Å². The summed E-state index contributed by atoms with van der Waals surface area (Å²) in [6, 6.07) is 0. The summed E-state index contributed by atoms with van der Waals surface area (Å²) < 4.78 is 10.5. The van der Waals surface area contributed by atoms with Crippen LogP contribution in [0.2, 0.25) is 0 Å². The van der Waals surface area contributed by atoms with Gasteiger partial charge in [0.2, 0.25) is 0 Å². The zero-order chi connectivity index (χ0) is 8.81. The third-order valence-electron chi connectivity index (χ3n) is 2.55. The fraction of sp³-hybridized carbons (Fsp3) is 1.00. The van der Waals surface area contributed by atoms with Crippen molar-refractivity contribution < 1.29 is 9.47 Å². The van der Waals surface area contributed by atoms with E-state index in [0.717, 1.165) is 32.8 Å². The number of nitrogens with two attached hydrogens (primary N) is 1. The van der Waals surface area contributed by atoms with Gasteiger partial charge in [-0.3, -0.25) is 0 Å². The topological polar surface area (TPSA) is 44.5 Å². The van der Waals surface area contributed by atoms with Crippen molar-refractivity contribution in [3.63, 3.8) is 0 Å². The van der Waals surface area contributed by atoms with Crippen LogP contribution in [0.15, 0.2) is 0 Å². The fourth-order valence-electron chi connectivity index (χ4n) is 1.81. The summed E-state index contributed by atoms with van der Waals surface area (Å²) >= 11 is 0. The van der Waals surface area contributed by atoms with Gasteiger partial charge in [-0.1, -0.05) is 0 Å². The lowest BCUT2D eigenvalue weighted by molar-refractivity contribution is 0.103. The lowest BCUT2D eigenvalue weighted by Gasteiger charge is -2.20. The molecule has 2 unspecified atom stereocenters. The molecule has 12 heavy (non-hydrogen) atoms. The number of hydrogen-bond donors (Lipinski definition) is 1. The molecule has 0 aromatic rings. The fourth-order valence-corrected chi connectivity index (χ4v) is 1.81. The molecule has 1 aliphatic rings. The van der Waals surface area contributed by atoms with Crippen LogP contribution < -0.4 is 5.73 Å². The molecule has 0 aromatic carbocycles. The van der Waals surface area contributed by atoms with Crippen molar-refractivity contribution >= 4 is 0 Å². The van der Waals surface area contributed by atoms with E-state index in [1.54, 1.807) is 7.11 Å². The highest BCUT2D eigenvalue weighted by atomic mass is 16.5. The summed E-state index contributed by atoms with van der Waals surface area (Å²) in [5.74, 6) is 1.27. The van der Waals surface area contributed by atoms with Gasteiger partial charge in [0.25, 0.3) is 0 Å². The van der Waals surface area contributed by atoms with E-state index in [4.69, 9.17) is 15.2 Å². The monoisotopic (exact) mass is 173 g/mol. The lowest BCUT2D eigenvalue weighted by atomic mass is 9.89. The van der Waals surface area contributed by atoms with Crippen molar-refractivity contribution in [3.8, 4) is 0 Å². The molecule has 3 heteroatoms. The van der Waals surface area contributed by atoms with Crippen molar-refractivity contribution in [2.24, 2.45) is 17.6 Å². The smallest absolute Gasteiger partial charge is 0.0498 e. The van der Waals surface area contributed by atoms with Crippen molar-refractivity contribution in [3.05, 3.63) is 0 Å². The summed E-state index contributed by atoms with van der Waals surface area (Å²) in [4.78, 5) is 0. The minimum Gasteiger partial charge on any atom is -0.384 e. The second-order valence-electron chi connectivity index (χ2n) is 3.42.